The minimum atomic E-state index is -0.374. The van der Waals surface area contributed by atoms with Gasteiger partial charge in [-0.1, -0.05) is 41.9 Å². The quantitative estimate of drug-likeness (QED) is 0.595. The molecule has 0 saturated heterocycles. The van der Waals surface area contributed by atoms with Gasteiger partial charge in [0.05, 0.1) is 0 Å². The highest BCUT2D eigenvalue weighted by Crippen LogP contribution is 2.17. The van der Waals surface area contributed by atoms with E-state index in [-0.39, 0.29) is 16.9 Å². The largest absolute Gasteiger partial charge is 0.332 e. The van der Waals surface area contributed by atoms with Crippen LogP contribution < -0.4 is 15.5 Å². The van der Waals surface area contributed by atoms with Crippen molar-refractivity contribution in [1.82, 2.24) is 5.32 Å². The van der Waals surface area contributed by atoms with E-state index in [1.54, 1.807) is 60.5 Å². The molecule has 0 aliphatic heterocycles. The van der Waals surface area contributed by atoms with Gasteiger partial charge in [-0.25, -0.2) is 0 Å². The van der Waals surface area contributed by atoms with E-state index < -0.39 is 0 Å². The minimum Gasteiger partial charge on any atom is -0.332 e. The van der Waals surface area contributed by atoms with E-state index in [4.69, 9.17) is 23.8 Å². The average Bonchev–Trinajstić information content (AvgIpc) is 2.73. The molecule has 0 heterocycles. The predicted molar refractivity (Wildman–Crippen MR) is 121 cm³/mol. The first-order valence-corrected chi connectivity index (χ1v) is 9.54. The second kappa shape index (κ2) is 9.32. The summed E-state index contributed by atoms with van der Waals surface area (Å²) in [7, 11) is 1.72. The van der Waals surface area contributed by atoms with Gasteiger partial charge in [-0.15, -0.1) is 0 Å². The lowest BCUT2D eigenvalue weighted by molar-refractivity contribution is 0.0974. The maximum absolute atomic E-state index is 12.8. The van der Waals surface area contributed by atoms with Crippen molar-refractivity contribution in [3.8, 4) is 0 Å². The van der Waals surface area contributed by atoms with Crippen LogP contribution in [0.5, 0.6) is 0 Å². The summed E-state index contributed by atoms with van der Waals surface area (Å²) >= 11 is 11.1. The Kier molecular flexibility index (Phi) is 6.59. The highest BCUT2D eigenvalue weighted by atomic mass is 35.5. The third-order valence-electron chi connectivity index (χ3n) is 4.13. The molecule has 0 aliphatic rings. The van der Waals surface area contributed by atoms with E-state index in [1.165, 1.54) is 0 Å². The van der Waals surface area contributed by atoms with Crippen molar-refractivity contribution in [2.75, 3.05) is 17.3 Å². The molecule has 2 amide bonds. The molecule has 7 heteroatoms. The van der Waals surface area contributed by atoms with Crippen molar-refractivity contribution in [3.05, 3.63) is 95.0 Å². The van der Waals surface area contributed by atoms with Gasteiger partial charge >= 0.3 is 0 Å². The molecule has 0 aromatic heterocycles. The first kappa shape index (κ1) is 20.5. The lowest BCUT2D eigenvalue weighted by Crippen LogP contribution is -2.34. The molecule has 0 saturated carbocycles. The SMILES string of the molecule is CN(C(=O)c1cccc(NC(=S)NC(=O)c2cccc(Cl)c2)c1)c1ccccc1. The number of anilines is 2. The van der Waals surface area contributed by atoms with Crippen molar-refractivity contribution >= 4 is 52.1 Å². The Labute approximate surface area is 179 Å². The Bertz CT molecular complexity index is 1060. The van der Waals surface area contributed by atoms with E-state index in [0.717, 1.165) is 5.69 Å². The van der Waals surface area contributed by atoms with Crippen LogP contribution in [0.25, 0.3) is 0 Å². The lowest BCUT2D eigenvalue weighted by Gasteiger charge is -2.18. The van der Waals surface area contributed by atoms with Gasteiger partial charge in [-0.05, 0) is 60.7 Å². The molecule has 3 aromatic rings. The number of nitrogens with zero attached hydrogens (tertiary/aromatic N) is 1. The van der Waals surface area contributed by atoms with Crippen molar-refractivity contribution in [2.24, 2.45) is 0 Å². The van der Waals surface area contributed by atoms with Gasteiger partial charge in [0.2, 0.25) is 0 Å². The van der Waals surface area contributed by atoms with Gasteiger partial charge in [0.15, 0.2) is 5.11 Å². The third kappa shape index (κ3) is 5.40. The monoisotopic (exact) mass is 423 g/mol. The van der Waals surface area contributed by atoms with Gasteiger partial charge < -0.3 is 10.2 Å². The molecular weight excluding hydrogens is 406 g/mol. The third-order valence-corrected chi connectivity index (χ3v) is 4.57. The summed E-state index contributed by atoms with van der Waals surface area (Å²) in [5.41, 5.74) is 2.27. The summed E-state index contributed by atoms with van der Waals surface area (Å²) in [6.45, 7) is 0. The van der Waals surface area contributed by atoms with Crippen LogP contribution in [0, 0.1) is 0 Å². The highest BCUT2D eigenvalue weighted by molar-refractivity contribution is 7.80. The van der Waals surface area contributed by atoms with Crippen LogP contribution >= 0.6 is 23.8 Å². The maximum atomic E-state index is 12.8. The highest BCUT2D eigenvalue weighted by Gasteiger charge is 2.14. The van der Waals surface area contributed by atoms with Crippen molar-refractivity contribution in [3.63, 3.8) is 0 Å². The molecule has 2 N–H and O–H groups in total. The Balaban J connectivity index is 1.67. The standard InChI is InChI=1S/C22H18ClN3O2S/c1-26(19-11-3-2-4-12-19)21(28)16-8-6-10-18(14-16)24-22(29)25-20(27)15-7-5-9-17(23)13-15/h2-14H,1H3,(H2,24,25,27,29). The fourth-order valence-corrected chi connectivity index (χ4v) is 3.06. The smallest absolute Gasteiger partial charge is 0.258 e. The van der Waals surface area contributed by atoms with Gasteiger partial charge in [0, 0.05) is 34.6 Å². The summed E-state index contributed by atoms with van der Waals surface area (Å²) < 4.78 is 0. The van der Waals surface area contributed by atoms with Crippen LogP contribution in [0.3, 0.4) is 0 Å². The van der Waals surface area contributed by atoms with Gasteiger partial charge in [-0.2, -0.15) is 0 Å². The number of amides is 2. The lowest BCUT2D eigenvalue weighted by atomic mass is 10.1. The molecule has 3 rings (SSSR count). The molecule has 0 bridgehead atoms. The summed E-state index contributed by atoms with van der Waals surface area (Å²) in [5, 5.41) is 6.11. The maximum Gasteiger partial charge on any atom is 0.258 e. The molecule has 0 spiro atoms. The normalized spacial score (nSPS) is 10.1. The van der Waals surface area contributed by atoms with Crippen molar-refractivity contribution < 1.29 is 9.59 Å². The molecule has 29 heavy (non-hydrogen) atoms. The average molecular weight is 424 g/mol. The number of carbonyl (C=O) groups is 2. The van der Waals surface area contributed by atoms with Gasteiger partial charge in [0.1, 0.15) is 0 Å². The zero-order valence-electron chi connectivity index (χ0n) is 15.6. The minimum absolute atomic E-state index is 0.121. The molecule has 146 valence electrons. The number of hydrogen-bond donors (Lipinski definition) is 2. The second-order valence-electron chi connectivity index (χ2n) is 6.20. The first-order chi connectivity index (χ1) is 13.9. The van der Waals surface area contributed by atoms with Crippen molar-refractivity contribution in [1.29, 1.82) is 0 Å². The van der Waals surface area contributed by atoms with Crippen LogP contribution in [-0.4, -0.2) is 24.0 Å². The zero-order valence-corrected chi connectivity index (χ0v) is 17.1. The fraction of sp³-hybridized carbons (Fsp3) is 0.0455. The summed E-state index contributed by atoms with van der Waals surface area (Å²) in [6, 6.07) is 22.8. The molecule has 3 aromatic carbocycles. The van der Waals surface area contributed by atoms with Crippen molar-refractivity contribution in [2.45, 2.75) is 0 Å². The number of benzene rings is 3. The molecular formula is C22H18ClN3O2S. The number of rotatable bonds is 4. The molecule has 0 unspecified atom stereocenters. The molecule has 0 radical (unpaired) electrons. The fourth-order valence-electron chi connectivity index (χ4n) is 2.66. The molecule has 0 fully saturated rings. The molecule has 0 atom stereocenters. The number of para-hydroxylation sites is 1. The number of thiocarbonyl (C=S) groups is 1. The summed E-state index contributed by atoms with van der Waals surface area (Å²) in [4.78, 5) is 26.6. The van der Waals surface area contributed by atoms with E-state index in [9.17, 15) is 9.59 Å². The Morgan fingerprint density at radius 1 is 0.897 bits per heavy atom. The van der Waals surface area contributed by atoms with Crippen LogP contribution in [0.15, 0.2) is 78.9 Å². The van der Waals surface area contributed by atoms with E-state index in [2.05, 4.69) is 10.6 Å². The van der Waals surface area contributed by atoms with Crippen LogP contribution in [0.1, 0.15) is 20.7 Å². The Morgan fingerprint density at radius 2 is 1.59 bits per heavy atom. The second-order valence-corrected chi connectivity index (χ2v) is 7.04. The van der Waals surface area contributed by atoms with E-state index >= 15 is 0 Å². The van der Waals surface area contributed by atoms with Crippen LogP contribution in [0.2, 0.25) is 5.02 Å². The van der Waals surface area contributed by atoms with Gasteiger partial charge in [-0.3, -0.25) is 14.9 Å². The van der Waals surface area contributed by atoms with E-state index in [0.29, 0.717) is 21.8 Å². The molecule has 0 aliphatic carbocycles. The zero-order chi connectivity index (χ0) is 20.8. The van der Waals surface area contributed by atoms with Crippen LogP contribution in [0.4, 0.5) is 11.4 Å². The predicted octanol–water partition coefficient (Wildman–Crippen LogP) is 4.74. The summed E-state index contributed by atoms with van der Waals surface area (Å²) in [6.07, 6.45) is 0. The number of hydrogen-bond acceptors (Lipinski definition) is 3. The first-order valence-electron chi connectivity index (χ1n) is 8.75. The van der Waals surface area contributed by atoms with Gasteiger partial charge in [0.25, 0.3) is 11.8 Å². The summed E-state index contributed by atoms with van der Waals surface area (Å²) in [5.74, 6) is -0.533. The van der Waals surface area contributed by atoms with Crippen LogP contribution in [-0.2, 0) is 0 Å². The van der Waals surface area contributed by atoms with E-state index in [1.807, 2.05) is 30.3 Å². The Hall–Kier alpha value is -3.22. The number of carbonyl (C=O) groups excluding carboxylic acids is 2. The number of nitrogens with one attached hydrogen (secondary N) is 2. The number of halogens is 1. The Morgan fingerprint density at radius 3 is 2.31 bits per heavy atom. The topological polar surface area (TPSA) is 61.4 Å². The molecule has 5 nitrogen and oxygen atoms in total.